The second-order valence-corrected chi connectivity index (χ2v) is 5.90. The highest BCUT2D eigenvalue weighted by Crippen LogP contribution is 2.40. The molecule has 1 saturated carbocycles. The number of rotatable bonds is 5. The molecule has 0 spiro atoms. The Morgan fingerprint density at radius 3 is 2.84 bits per heavy atom. The van der Waals surface area contributed by atoms with Crippen molar-refractivity contribution in [3.8, 4) is 0 Å². The number of carbonyl (C=O) groups is 1. The van der Waals surface area contributed by atoms with Crippen molar-refractivity contribution in [2.75, 3.05) is 0 Å². The van der Waals surface area contributed by atoms with Crippen LogP contribution in [0, 0.1) is 0 Å². The van der Waals surface area contributed by atoms with E-state index in [4.69, 9.17) is 5.73 Å². The number of carbonyl (C=O) groups excluding carboxylic acids is 1. The number of hydrogen-bond donors (Lipinski definition) is 2. The Bertz CT molecular complexity index is 579. The van der Waals surface area contributed by atoms with E-state index in [1.54, 1.807) is 11.3 Å². The van der Waals surface area contributed by atoms with Gasteiger partial charge in [-0.1, -0.05) is 30.3 Å². The van der Waals surface area contributed by atoms with E-state index in [0.717, 1.165) is 11.4 Å². The Kier molecular flexibility index (Phi) is 3.36. The fraction of sp³-hybridized carbons (Fsp3) is 0.267. The molecule has 1 aromatic carbocycles. The van der Waals surface area contributed by atoms with E-state index in [1.165, 1.54) is 12.0 Å². The molecule has 0 saturated heterocycles. The lowest BCUT2D eigenvalue weighted by molar-refractivity contribution is 0.100. The summed E-state index contributed by atoms with van der Waals surface area (Å²) in [7, 11) is 0. The molecule has 1 heterocycles. The van der Waals surface area contributed by atoms with Crippen LogP contribution in [0.3, 0.4) is 0 Å². The third kappa shape index (κ3) is 2.85. The van der Waals surface area contributed by atoms with Crippen LogP contribution >= 0.6 is 11.3 Å². The maximum atomic E-state index is 11.0. The van der Waals surface area contributed by atoms with E-state index < -0.39 is 0 Å². The summed E-state index contributed by atoms with van der Waals surface area (Å²) in [5.41, 5.74) is 7.26. The van der Waals surface area contributed by atoms with Crippen LogP contribution in [0.15, 0.2) is 41.8 Å². The maximum absolute atomic E-state index is 11.0. The van der Waals surface area contributed by atoms with Gasteiger partial charge in [-0.2, -0.15) is 0 Å². The number of amides is 1. The van der Waals surface area contributed by atoms with E-state index in [-0.39, 0.29) is 5.91 Å². The average Bonchev–Trinajstić information content (AvgIpc) is 3.05. The third-order valence-corrected chi connectivity index (χ3v) is 4.43. The fourth-order valence-corrected chi connectivity index (χ4v) is 3.15. The van der Waals surface area contributed by atoms with E-state index in [0.29, 0.717) is 17.5 Å². The number of nitrogens with one attached hydrogen (secondary N) is 1. The molecular weight excluding hydrogens is 256 g/mol. The van der Waals surface area contributed by atoms with Crippen molar-refractivity contribution in [3.63, 3.8) is 0 Å². The van der Waals surface area contributed by atoms with E-state index in [1.807, 2.05) is 17.5 Å². The Labute approximate surface area is 116 Å². The molecule has 1 aliphatic rings. The van der Waals surface area contributed by atoms with Crippen LogP contribution in [-0.2, 0) is 6.54 Å². The van der Waals surface area contributed by atoms with Crippen molar-refractivity contribution in [1.29, 1.82) is 0 Å². The molecule has 1 aliphatic carbocycles. The van der Waals surface area contributed by atoms with Gasteiger partial charge in [0.05, 0.1) is 5.56 Å². The molecule has 0 bridgehead atoms. The first kappa shape index (κ1) is 12.4. The van der Waals surface area contributed by atoms with Gasteiger partial charge in [0, 0.05) is 28.8 Å². The normalized spacial score (nSPS) is 21.3. The Morgan fingerprint density at radius 1 is 1.37 bits per heavy atom. The molecule has 4 heteroatoms. The highest BCUT2D eigenvalue weighted by atomic mass is 32.1. The monoisotopic (exact) mass is 272 g/mol. The summed E-state index contributed by atoms with van der Waals surface area (Å²) in [4.78, 5) is 12.2. The number of hydrogen-bond acceptors (Lipinski definition) is 3. The van der Waals surface area contributed by atoms with Crippen molar-refractivity contribution >= 4 is 17.2 Å². The van der Waals surface area contributed by atoms with Gasteiger partial charge in [0.1, 0.15) is 0 Å². The molecule has 3 N–H and O–H groups in total. The van der Waals surface area contributed by atoms with Gasteiger partial charge in [-0.05, 0) is 18.1 Å². The number of primary amides is 1. The van der Waals surface area contributed by atoms with Crippen molar-refractivity contribution in [3.05, 3.63) is 57.8 Å². The van der Waals surface area contributed by atoms with Gasteiger partial charge in [-0.3, -0.25) is 4.79 Å². The lowest BCUT2D eigenvalue weighted by Gasteiger charge is -2.02. The molecule has 1 fully saturated rings. The van der Waals surface area contributed by atoms with Gasteiger partial charge in [0.15, 0.2) is 0 Å². The molecule has 98 valence electrons. The Hall–Kier alpha value is -1.65. The smallest absolute Gasteiger partial charge is 0.249 e. The van der Waals surface area contributed by atoms with Gasteiger partial charge < -0.3 is 11.1 Å². The quantitative estimate of drug-likeness (QED) is 0.878. The first-order chi connectivity index (χ1) is 9.24. The molecule has 2 aromatic rings. The van der Waals surface area contributed by atoms with Gasteiger partial charge >= 0.3 is 0 Å². The highest BCUT2D eigenvalue weighted by Gasteiger charge is 2.37. The molecule has 2 unspecified atom stereocenters. The van der Waals surface area contributed by atoms with Crippen LogP contribution in [0.1, 0.15) is 33.1 Å². The lowest BCUT2D eigenvalue weighted by atomic mass is 10.1. The van der Waals surface area contributed by atoms with Crippen LogP contribution < -0.4 is 11.1 Å². The lowest BCUT2D eigenvalue weighted by Crippen LogP contribution is -2.16. The minimum absolute atomic E-state index is 0.351. The first-order valence-corrected chi connectivity index (χ1v) is 7.27. The zero-order valence-corrected chi connectivity index (χ0v) is 11.3. The zero-order chi connectivity index (χ0) is 13.2. The summed E-state index contributed by atoms with van der Waals surface area (Å²) < 4.78 is 0. The molecule has 19 heavy (non-hydrogen) atoms. The Morgan fingerprint density at radius 2 is 2.16 bits per heavy atom. The summed E-state index contributed by atoms with van der Waals surface area (Å²) in [5, 5.41) is 5.35. The van der Waals surface area contributed by atoms with Gasteiger partial charge in [-0.15, -0.1) is 11.3 Å². The molecule has 3 rings (SSSR count). The fourth-order valence-electron chi connectivity index (χ4n) is 2.32. The topological polar surface area (TPSA) is 55.1 Å². The van der Waals surface area contributed by atoms with Gasteiger partial charge in [-0.25, -0.2) is 0 Å². The predicted octanol–water partition coefficient (Wildman–Crippen LogP) is 2.49. The summed E-state index contributed by atoms with van der Waals surface area (Å²) in [6, 6.07) is 13.0. The summed E-state index contributed by atoms with van der Waals surface area (Å²) in [6.07, 6.45) is 1.19. The Balaban J connectivity index is 1.53. The second-order valence-electron chi connectivity index (χ2n) is 4.91. The predicted molar refractivity (Wildman–Crippen MR) is 77.3 cm³/mol. The molecule has 1 aromatic heterocycles. The summed E-state index contributed by atoms with van der Waals surface area (Å²) >= 11 is 1.58. The van der Waals surface area contributed by atoms with Crippen LogP contribution in [-0.4, -0.2) is 11.9 Å². The first-order valence-electron chi connectivity index (χ1n) is 6.39. The molecule has 0 radical (unpaired) electrons. The minimum Gasteiger partial charge on any atom is -0.366 e. The number of nitrogens with two attached hydrogens (primary N) is 1. The van der Waals surface area contributed by atoms with Gasteiger partial charge in [0.25, 0.3) is 0 Å². The largest absolute Gasteiger partial charge is 0.366 e. The highest BCUT2D eigenvalue weighted by molar-refractivity contribution is 7.10. The van der Waals surface area contributed by atoms with Crippen LogP contribution in [0.4, 0.5) is 0 Å². The summed E-state index contributed by atoms with van der Waals surface area (Å²) in [5.74, 6) is 0.285. The molecular formula is C15H16N2OS. The van der Waals surface area contributed by atoms with Crippen molar-refractivity contribution < 1.29 is 4.79 Å². The van der Waals surface area contributed by atoms with E-state index in [2.05, 4.69) is 29.6 Å². The van der Waals surface area contributed by atoms with E-state index in [9.17, 15) is 4.79 Å². The maximum Gasteiger partial charge on any atom is 0.249 e. The van der Waals surface area contributed by atoms with Crippen molar-refractivity contribution in [1.82, 2.24) is 5.32 Å². The average molecular weight is 272 g/mol. The van der Waals surface area contributed by atoms with Crippen molar-refractivity contribution in [2.45, 2.75) is 24.9 Å². The summed E-state index contributed by atoms with van der Waals surface area (Å²) in [6.45, 7) is 0.811. The van der Waals surface area contributed by atoms with Crippen LogP contribution in [0.25, 0.3) is 0 Å². The van der Waals surface area contributed by atoms with Crippen molar-refractivity contribution in [2.24, 2.45) is 5.73 Å². The molecule has 0 aliphatic heterocycles. The second kappa shape index (κ2) is 5.15. The van der Waals surface area contributed by atoms with Crippen LogP contribution in [0.2, 0.25) is 0 Å². The third-order valence-electron chi connectivity index (χ3n) is 3.49. The number of benzene rings is 1. The standard InChI is InChI=1S/C15H16N2OS/c16-15(18)11-6-12(19-9-11)8-17-14-7-13(14)10-4-2-1-3-5-10/h1-6,9,13-14,17H,7-8H2,(H2,16,18). The SMILES string of the molecule is NC(=O)c1csc(CNC2CC2c2ccccc2)c1. The van der Waals surface area contributed by atoms with Crippen LogP contribution in [0.5, 0.6) is 0 Å². The molecule has 1 amide bonds. The minimum atomic E-state index is -0.351. The number of thiophene rings is 1. The molecule has 2 atom stereocenters. The zero-order valence-electron chi connectivity index (χ0n) is 10.5. The van der Waals surface area contributed by atoms with Gasteiger partial charge in [0.2, 0.25) is 5.91 Å². The van der Waals surface area contributed by atoms with E-state index >= 15 is 0 Å². The molecule has 3 nitrogen and oxygen atoms in total.